The Morgan fingerprint density at radius 3 is 2.72 bits per heavy atom. The molecule has 2 amide bonds. The second-order valence-electron chi connectivity index (χ2n) is 5.48. The number of hydrogen-bond acceptors (Lipinski definition) is 3. The summed E-state index contributed by atoms with van der Waals surface area (Å²) in [6.07, 6.45) is 3.88. The lowest BCUT2D eigenvalue weighted by Gasteiger charge is -2.23. The molecule has 1 heterocycles. The van der Waals surface area contributed by atoms with Crippen molar-refractivity contribution in [2.45, 2.75) is 44.6 Å². The molecule has 102 valence electrons. The molecule has 0 aromatic heterocycles. The van der Waals surface area contributed by atoms with Crippen molar-refractivity contribution in [2.75, 3.05) is 19.6 Å². The molecule has 2 aliphatic rings. The van der Waals surface area contributed by atoms with E-state index in [1.807, 2.05) is 6.92 Å². The average Bonchev–Trinajstić information content (AvgIpc) is 2.93. The minimum absolute atomic E-state index is 0.0530. The van der Waals surface area contributed by atoms with Crippen molar-refractivity contribution in [3.63, 3.8) is 0 Å². The van der Waals surface area contributed by atoms with E-state index >= 15 is 0 Å². The van der Waals surface area contributed by atoms with E-state index in [4.69, 9.17) is 0 Å². The fraction of sp³-hybridized carbons (Fsp3) is 0.846. The van der Waals surface area contributed by atoms with Crippen molar-refractivity contribution in [2.24, 2.45) is 5.92 Å². The van der Waals surface area contributed by atoms with Gasteiger partial charge in [-0.25, -0.2) is 0 Å². The summed E-state index contributed by atoms with van der Waals surface area (Å²) in [4.78, 5) is 25.2. The summed E-state index contributed by atoms with van der Waals surface area (Å²) in [6.45, 7) is 3.41. The first-order valence-corrected chi connectivity index (χ1v) is 6.82. The molecule has 1 aliphatic carbocycles. The predicted octanol–water partition coefficient (Wildman–Crippen LogP) is 0.276. The van der Waals surface area contributed by atoms with Crippen molar-refractivity contribution in [3.05, 3.63) is 0 Å². The fourth-order valence-electron chi connectivity index (χ4n) is 2.86. The number of amides is 2. The first-order chi connectivity index (χ1) is 8.54. The maximum Gasteiger partial charge on any atom is 0.225 e. The second kappa shape index (κ2) is 5.26. The molecular weight excluding hydrogens is 232 g/mol. The molecule has 0 radical (unpaired) electrons. The van der Waals surface area contributed by atoms with Crippen molar-refractivity contribution >= 4 is 11.8 Å². The summed E-state index contributed by atoms with van der Waals surface area (Å²) in [7, 11) is 0. The van der Waals surface area contributed by atoms with Gasteiger partial charge in [0, 0.05) is 26.1 Å². The predicted molar refractivity (Wildman–Crippen MR) is 66.8 cm³/mol. The Kier molecular flexibility index (Phi) is 3.90. The Morgan fingerprint density at radius 1 is 1.50 bits per heavy atom. The second-order valence-corrected chi connectivity index (χ2v) is 5.48. The highest BCUT2D eigenvalue weighted by Gasteiger charge is 2.36. The summed E-state index contributed by atoms with van der Waals surface area (Å²) in [5.74, 6) is -0.292. The van der Waals surface area contributed by atoms with E-state index in [2.05, 4.69) is 5.32 Å². The van der Waals surface area contributed by atoms with E-state index < -0.39 is 5.60 Å². The molecule has 0 bridgehead atoms. The molecule has 1 unspecified atom stereocenters. The molecule has 1 saturated heterocycles. The molecule has 5 heteroatoms. The largest absolute Gasteiger partial charge is 0.388 e. The zero-order valence-electron chi connectivity index (χ0n) is 10.9. The van der Waals surface area contributed by atoms with Gasteiger partial charge < -0.3 is 15.3 Å². The van der Waals surface area contributed by atoms with E-state index in [1.54, 1.807) is 4.90 Å². The van der Waals surface area contributed by atoms with Crippen LogP contribution < -0.4 is 5.32 Å². The van der Waals surface area contributed by atoms with Gasteiger partial charge in [0.2, 0.25) is 11.8 Å². The van der Waals surface area contributed by atoms with Crippen LogP contribution in [-0.2, 0) is 9.59 Å². The van der Waals surface area contributed by atoms with Crippen LogP contribution in [0.4, 0.5) is 0 Å². The number of hydrogen-bond donors (Lipinski definition) is 2. The maximum atomic E-state index is 12.0. The smallest absolute Gasteiger partial charge is 0.225 e. The Balaban J connectivity index is 1.80. The number of rotatable bonds is 4. The van der Waals surface area contributed by atoms with Gasteiger partial charge in [-0.15, -0.1) is 0 Å². The van der Waals surface area contributed by atoms with Gasteiger partial charge in [-0.3, -0.25) is 9.59 Å². The third kappa shape index (κ3) is 2.83. The lowest BCUT2D eigenvalue weighted by Crippen LogP contribution is -2.43. The zero-order chi connectivity index (χ0) is 13.2. The Morgan fingerprint density at radius 2 is 2.17 bits per heavy atom. The molecule has 0 aromatic rings. The average molecular weight is 254 g/mol. The van der Waals surface area contributed by atoms with Crippen molar-refractivity contribution < 1.29 is 14.7 Å². The quantitative estimate of drug-likeness (QED) is 0.757. The molecule has 0 spiro atoms. The topological polar surface area (TPSA) is 69.6 Å². The minimum Gasteiger partial charge on any atom is -0.388 e. The molecule has 5 nitrogen and oxygen atoms in total. The van der Waals surface area contributed by atoms with Gasteiger partial charge in [-0.2, -0.15) is 0 Å². The molecule has 18 heavy (non-hydrogen) atoms. The monoisotopic (exact) mass is 254 g/mol. The van der Waals surface area contributed by atoms with Crippen LogP contribution in [-0.4, -0.2) is 47.1 Å². The van der Waals surface area contributed by atoms with Gasteiger partial charge in [-0.05, 0) is 19.8 Å². The molecule has 1 aliphatic heterocycles. The third-order valence-electron chi connectivity index (χ3n) is 4.09. The third-order valence-corrected chi connectivity index (χ3v) is 4.09. The SMILES string of the molecule is CCN1CC(C(=O)NCC2(O)CCCC2)CC1=O. The Labute approximate surface area is 108 Å². The van der Waals surface area contributed by atoms with E-state index in [9.17, 15) is 14.7 Å². The summed E-state index contributed by atoms with van der Waals surface area (Å²) in [6, 6.07) is 0. The first kappa shape index (κ1) is 13.3. The number of nitrogens with one attached hydrogen (secondary N) is 1. The van der Waals surface area contributed by atoms with Crippen LogP contribution in [0.3, 0.4) is 0 Å². The standard InChI is InChI=1S/C13H22N2O3/c1-2-15-8-10(7-11(15)16)12(17)14-9-13(18)5-3-4-6-13/h10,18H,2-9H2,1H3,(H,14,17). The normalized spacial score (nSPS) is 26.7. The van der Waals surface area contributed by atoms with Crippen LogP contribution in [0, 0.1) is 5.92 Å². The zero-order valence-corrected chi connectivity index (χ0v) is 10.9. The fourth-order valence-corrected chi connectivity index (χ4v) is 2.86. The summed E-state index contributed by atoms with van der Waals surface area (Å²) in [5, 5.41) is 12.9. The molecule has 0 aromatic carbocycles. The van der Waals surface area contributed by atoms with Crippen LogP contribution in [0.25, 0.3) is 0 Å². The minimum atomic E-state index is -0.720. The maximum absolute atomic E-state index is 12.0. The van der Waals surface area contributed by atoms with E-state index in [1.165, 1.54) is 0 Å². The van der Waals surface area contributed by atoms with Gasteiger partial charge in [0.1, 0.15) is 0 Å². The van der Waals surface area contributed by atoms with Gasteiger partial charge in [0.25, 0.3) is 0 Å². The van der Waals surface area contributed by atoms with Gasteiger partial charge in [0.05, 0.1) is 11.5 Å². The Bertz CT molecular complexity index is 337. The number of likely N-dealkylation sites (tertiary alicyclic amines) is 1. The molecule has 1 atom stereocenters. The lowest BCUT2D eigenvalue weighted by molar-refractivity contribution is -0.129. The number of nitrogens with zero attached hydrogens (tertiary/aromatic N) is 1. The highest BCUT2D eigenvalue weighted by Crippen LogP contribution is 2.28. The summed E-state index contributed by atoms with van der Waals surface area (Å²) >= 11 is 0. The molecule has 2 fully saturated rings. The number of carbonyl (C=O) groups excluding carboxylic acids is 2. The van der Waals surface area contributed by atoms with Crippen LogP contribution in [0.2, 0.25) is 0 Å². The van der Waals surface area contributed by atoms with Crippen molar-refractivity contribution in [1.29, 1.82) is 0 Å². The Hall–Kier alpha value is -1.10. The first-order valence-electron chi connectivity index (χ1n) is 6.82. The summed E-state index contributed by atoms with van der Waals surface area (Å²) < 4.78 is 0. The van der Waals surface area contributed by atoms with Crippen LogP contribution >= 0.6 is 0 Å². The molecule has 2 rings (SSSR count). The van der Waals surface area contributed by atoms with E-state index in [-0.39, 0.29) is 17.7 Å². The van der Waals surface area contributed by atoms with Crippen molar-refractivity contribution in [1.82, 2.24) is 10.2 Å². The number of carbonyl (C=O) groups is 2. The van der Waals surface area contributed by atoms with E-state index in [0.717, 1.165) is 25.7 Å². The lowest BCUT2D eigenvalue weighted by atomic mass is 10.0. The van der Waals surface area contributed by atoms with Gasteiger partial charge in [-0.1, -0.05) is 12.8 Å². The van der Waals surface area contributed by atoms with Gasteiger partial charge >= 0.3 is 0 Å². The summed E-state index contributed by atoms with van der Waals surface area (Å²) in [5.41, 5.74) is -0.720. The van der Waals surface area contributed by atoms with Crippen LogP contribution in [0.5, 0.6) is 0 Å². The number of aliphatic hydroxyl groups is 1. The molecule has 1 saturated carbocycles. The van der Waals surface area contributed by atoms with Crippen LogP contribution in [0.1, 0.15) is 39.0 Å². The van der Waals surface area contributed by atoms with E-state index in [0.29, 0.717) is 26.1 Å². The highest BCUT2D eigenvalue weighted by molar-refractivity contribution is 5.89. The highest BCUT2D eigenvalue weighted by atomic mass is 16.3. The van der Waals surface area contributed by atoms with Crippen molar-refractivity contribution in [3.8, 4) is 0 Å². The molecular formula is C13H22N2O3. The van der Waals surface area contributed by atoms with Crippen LogP contribution in [0.15, 0.2) is 0 Å². The van der Waals surface area contributed by atoms with Gasteiger partial charge in [0.15, 0.2) is 0 Å². The molecule has 2 N–H and O–H groups in total.